The fourth-order valence-electron chi connectivity index (χ4n) is 2.98. The first-order valence-corrected chi connectivity index (χ1v) is 9.34. The van der Waals surface area contributed by atoms with Crippen LogP contribution in [0.25, 0.3) is 0 Å². The van der Waals surface area contributed by atoms with Crippen LogP contribution in [-0.2, 0) is 0 Å². The summed E-state index contributed by atoms with van der Waals surface area (Å²) in [5, 5.41) is 5.66. The van der Waals surface area contributed by atoms with E-state index in [0.29, 0.717) is 29.3 Å². The Labute approximate surface area is 169 Å². The minimum absolute atomic E-state index is 0.282. The monoisotopic (exact) mass is 389 g/mol. The summed E-state index contributed by atoms with van der Waals surface area (Å²) in [4.78, 5) is 29.3. The number of para-hydroxylation sites is 2. The first-order valence-electron chi connectivity index (χ1n) is 9.34. The van der Waals surface area contributed by atoms with E-state index < -0.39 is 0 Å². The van der Waals surface area contributed by atoms with Crippen molar-refractivity contribution in [1.29, 1.82) is 0 Å². The van der Waals surface area contributed by atoms with Gasteiger partial charge >= 0.3 is 0 Å². The SMILES string of the molecule is CCOc1ccccc1NC(=O)c1cncc(C(=O)Nc2cc(C)cc(C)c2)c1. The standard InChI is InChI=1S/C23H23N3O3/c1-4-29-21-8-6-5-7-20(21)26-23(28)18-12-17(13-24-14-18)22(27)25-19-10-15(2)9-16(3)11-19/h5-14H,4H2,1-3H3,(H,25,27)(H,26,28). The topological polar surface area (TPSA) is 80.3 Å². The zero-order valence-corrected chi connectivity index (χ0v) is 16.7. The predicted octanol–water partition coefficient (Wildman–Crippen LogP) is 4.60. The van der Waals surface area contributed by atoms with E-state index in [-0.39, 0.29) is 17.4 Å². The number of rotatable bonds is 6. The van der Waals surface area contributed by atoms with Gasteiger partial charge in [-0.3, -0.25) is 14.6 Å². The minimum atomic E-state index is -0.370. The molecule has 3 aromatic rings. The molecule has 0 atom stereocenters. The molecule has 0 unspecified atom stereocenters. The zero-order chi connectivity index (χ0) is 20.8. The molecular weight excluding hydrogens is 366 g/mol. The van der Waals surface area contributed by atoms with E-state index in [0.717, 1.165) is 11.1 Å². The number of anilines is 2. The van der Waals surface area contributed by atoms with Crippen LogP contribution in [-0.4, -0.2) is 23.4 Å². The highest BCUT2D eigenvalue weighted by Crippen LogP contribution is 2.24. The zero-order valence-electron chi connectivity index (χ0n) is 16.7. The van der Waals surface area contributed by atoms with Gasteiger partial charge < -0.3 is 15.4 Å². The average Bonchev–Trinajstić information content (AvgIpc) is 2.69. The normalized spacial score (nSPS) is 10.3. The van der Waals surface area contributed by atoms with E-state index in [9.17, 15) is 9.59 Å². The Balaban J connectivity index is 1.76. The van der Waals surface area contributed by atoms with E-state index in [1.165, 1.54) is 18.5 Å². The van der Waals surface area contributed by atoms with E-state index in [4.69, 9.17) is 4.74 Å². The molecule has 1 aromatic heterocycles. The Morgan fingerprint density at radius 1 is 0.897 bits per heavy atom. The lowest BCUT2D eigenvalue weighted by Crippen LogP contribution is -2.16. The number of pyridine rings is 1. The van der Waals surface area contributed by atoms with Crippen LogP contribution in [0.4, 0.5) is 11.4 Å². The molecular formula is C23H23N3O3. The molecule has 0 spiro atoms. The molecule has 148 valence electrons. The molecule has 2 amide bonds. The van der Waals surface area contributed by atoms with Crippen LogP contribution < -0.4 is 15.4 Å². The van der Waals surface area contributed by atoms with Crippen LogP contribution >= 0.6 is 0 Å². The van der Waals surface area contributed by atoms with Gasteiger partial charge in [-0.2, -0.15) is 0 Å². The van der Waals surface area contributed by atoms with Crippen LogP contribution in [0.5, 0.6) is 5.75 Å². The maximum absolute atomic E-state index is 12.7. The molecule has 29 heavy (non-hydrogen) atoms. The molecule has 0 radical (unpaired) electrons. The van der Waals surface area contributed by atoms with Crippen LogP contribution in [0, 0.1) is 13.8 Å². The number of carbonyl (C=O) groups excluding carboxylic acids is 2. The lowest BCUT2D eigenvalue weighted by molar-refractivity contribution is 0.102. The summed E-state index contributed by atoms with van der Waals surface area (Å²) in [7, 11) is 0. The van der Waals surface area contributed by atoms with Crippen molar-refractivity contribution >= 4 is 23.2 Å². The Morgan fingerprint density at radius 2 is 1.52 bits per heavy atom. The number of nitrogens with one attached hydrogen (secondary N) is 2. The van der Waals surface area contributed by atoms with Gasteiger partial charge in [-0.1, -0.05) is 18.2 Å². The quantitative estimate of drug-likeness (QED) is 0.646. The van der Waals surface area contributed by atoms with Crippen molar-refractivity contribution in [3.8, 4) is 5.75 Å². The minimum Gasteiger partial charge on any atom is -0.492 e. The third-order valence-corrected chi connectivity index (χ3v) is 4.18. The molecule has 0 aliphatic rings. The molecule has 3 rings (SSSR count). The highest BCUT2D eigenvalue weighted by atomic mass is 16.5. The number of benzene rings is 2. The highest BCUT2D eigenvalue weighted by molar-refractivity contribution is 6.08. The van der Waals surface area contributed by atoms with Crippen molar-refractivity contribution < 1.29 is 14.3 Å². The molecule has 6 heteroatoms. The number of aromatic nitrogens is 1. The number of nitrogens with zero attached hydrogens (tertiary/aromatic N) is 1. The molecule has 2 N–H and O–H groups in total. The second-order valence-electron chi connectivity index (χ2n) is 6.68. The largest absolute Gasteiger partial charge is 0.492 e. The van der Waals surface area contributed by atoms with Gasteiger partial charge in [0.2, 0.25) is 0 Å². The Bertz CT molecular complexity index is 1030. The fraction of sp³-hybridized carbons (Fsp3) is 0.174. The number of ether oxygens (including phenoxy) is 1. The Kier molecular flexibility index (Phi) is 6.24. The van der Waals surface area contributed by atoms with E-state index >= 15 is 0 Å². The second kappa shape index (κ2) is 9.01. The Hall–Kier alpha value is -3.67. The maximum Gasteiger partial charge on any atom is 0.257 e. The number of aryl methyl sites for hydroxylation is 2. The van der Waals surface area contributed by atoms with Gasteiger partial charge in [-0.15, -0.1) is 0 Å². The molecule has 0 bridgehead atoms. The molecule has 0 saturated heterocycles. The van der Waals surface area contributed by atoms with Crippen molar-refractivity contribution in [3.63, 3.8) is 0 Å². The van der Waals surface area contributed by atoms with Gasteiger partial charge in [0.1, 0.15) is 5.75 Å². The van der Waals surface area contributed by atoms with Crippen molar-refractivity contribution in [2.24, 2.45) is 0 Å². The summed E-state index contributed by atoms with van der Waals surface area (Å²) in [6.45, 7) is 6.30. The van der Waals surface area contributed by atoms with Gasteiger partial charge in [-0.05, 0) is 62.2 Å². The van der Waals surface area contributed by atoms with E-state index in [1.54, 1.807) is 12.1 Å². The summed E-state index contributed by atoms with van der Waals surface area (Å²) in [5.74, 6) is -0.113. The van der Waals surface area contributed by atoms with Crippen LogP contribution in [0.3, 0.4) is 0 Å². The first-order chi connectivity index (χ1) is 14.0. The average molecular weight is 389 g/mol. The smallest absolute Gasteiger partial charge is 0.257 e. The third-order valence-electron chi connectivity index (χ3n) is 4.18. The van der Waals surface area contributed by atoms with Crippen molar-refractivity contribution in [2.75, 3.05) is 17.2 Å². The maximum atomic E-state index is 12.7. The number of carbonyl (C=O) groups is 2. The molecule has 0 aliphatic heterocycles. The van der Waals surface area contributed by atoms with Crippen LogP contribution in [0.2, 0.25) is 0 Å². The summed E-state index contributed by atoms with van der Waals surface area (Å²) in [6.07, 6.45) is 2.86. The summed E-state index contributed by atoms with van der Waals surface area (Å²) < 4.78 is 5.53. The van der Waals surface area contributed by atoms with Crippen LogP contribution in [0.1, 0.15) is 38.8 Å². The van der Waals surface area contributed by atoms with Crippen LogP contribution in [0.15, 0.2) is 60.9 Å². The molecule has 0 aliphatic carbocycles. The fourth-order valence-corrected chi connectivity index (χ4v) is 2.98. The van der Waals surface area contributed by atoms with Gasteiger partial charge in [0.25, 0.3) is 11.8 Å². The van der Waals surface area contributed by atoms with Gasteiger partial charge in [0, 0.05) is 18.1 Å². The number of hydrogen-bond acceptors (Lipinski definition) is 4. The Morgan fingerprint density at radius 3 is 2.17 bits per heavy atom. The first kappa shape index (κ1) is 20.1. The van der Waals surface area contributed by atoms with E-state index in [1.807, 2.05) is 51.1 Å². The van der Waals surface area contributed by atoms with Crippen molar-refractivity contribution in [3.05, 3.63) is 83.2 Å². The van der Waals surface area contributed by atoms with E-state index in [2.05, 4.69) is 15.6 Å². The molecule has 0 fully saturated rings. The number of hydrogen-bond donors (Lipinski definition) is 2. The van der Waals surface area contributed by atoms with Gasteiger partial charge in [0.15, 0.2) is 0 Å². The number of amides is 2. The lowest BCUT2D eigenvalue weighted by Gasteiger charge is -2.12. The van der Waals surface area contributed by atoms with Crippen molar-refractivity contribution in [1.82, 2.24) is 4.98 Å². The van der Waals surface area contributed by atoms with Crippen molar-refractivity contribution in [2.45, 2.75) is 20.8 Å². The summed E-state index contributed by atoms with van der Waals surface area (Å²) >= 11 is 0. The predicted molar refractivity (Wildman–Crippen MR) is 114 cm³/mol. The lowest BCUT2D eigenvalue weighted by atomic mass is 10.1. The molecule has 6 nitrogen and oxygen atoms in total. The summed E-state index contributed by atoms with van der Waals surface area (Å²) in [5.41, 5.74) is 3.95. The molecule has 2 aromatic carbocycles. The molecule has 1 heterocycles. The third kappa shape index (κ3) is 5.19. The van der Waals surface area contributed by atoms with Gasteiger partial charge in [-0.25, -0.2) is 0 Å². The second-order valence-corrected chi connectivity index (χ2v) is 6.68. The highest BCUT2D eigenvalue weighted by Gasteiger charge is 2.14. The summed E-state index contributed by atoms with van der Waals surface area (Å²) in [6, 6.07) is 14.5. The van der Waals surface area contributed by atoms with Gasteiger partial charge in [0.05, 0.1) is 23.4 Å². The molecule has 0 saturated carbocycles.